The van der Waals surface area contributed by atoms with E-state index in [1.807, 2.05) is 72.8 Å². The van der Waals surface area contributed by atoms with E-state index in [0.717, 1.165) is 52.9 Å². The van der Waals surface area contributed by atoms with Gasteiger partial charge in [-0.15, -0.1) is 6.58 Å². The molecule has 4 aromatic rings. The summed E-state index contributed by atoms with van der Waals surface area (Å²) < 4.78 is 41.7. The summed E-state index contributed by atoms with van der Waals surface area (Å²) in [6, 6.07) is 33.1. The molecule has 8 heteroatoms. The molecule has 2 fully saturated rings. The molecule has 0 spiro atoms. The summed E-state index contributed by atoms with van der Waals surface area (Å²) in [7, 11) is -3.62. The summed E-state index contributed by atoms with van der Waals surface area (Å²) in [5.41, 5.74) is 5.69. The summed E-state index contributed by atoms with van der Waals surface area (Å²) in [5, 5.41) is 9.58. The van der Waals surface area contributed by atoms with E-state index in [0.29, 0.717) is 6.04 Å². The monoisotopic (exact) mass is 652 g/mol. The van der Waals surface area contributed by atoms with Crippen LogP contribution in [0.2, 0.25) is 0 Å². The van der Waals surface area contributed by atoms with Crippen molar-refractivity contribution in [1.29, 1.82) is 0 Å². The van der Waals surface area contributed by atoms with Gasteiger partial charge in [0.1, 0.15) is 0 Å². The average Bonchev–Trinajstić information content (AvgIpc) is 3.67. The molecule has 0 amide bonds. The third-order valence-electron chi connectivity index (χ3n) is 9.20. The Kier molecular flexibility index (Phi) is 11.0. The Balaban J connectivity index is 1.22. The normalized spacial score (nSPS) is 20.4. The summed E-state index contributed by atoms with van der Waals surface area (Å²) in [4.78, 5) is 2.76. The number of rotatable bonds is 13. The first-order valence-electron chi connectivity index (χ1n) is 16.5. The van der Waals surface area contributed by atoms with Gasteiger partial charge in [0.05, 0.1) is 23.7 Å². The minimum Gasteiger partial charge on any atom is -0.392 e. The van der Waals surface area contributed by atoms with Crippen molar-refractivity contribution in [2.24, 2.45) is 0 Å². The van der Waals surface area contributed by atoms with Crippen LogP contribution in [0.3, 0.4) is 0 Å². The topological polar surface area (TPSA) is 88.1 Å². The molecule has 3 atom stereocenters. The van der Waals surface area contributed by atoms with Crippen LogP contribution in [0.1, 0.15) is 66.8 Å². The second-order valence-electron chi connectivity index (χ2n) is 12.5. The molecule has 1 aliphatic heterocycles. The maximum absolute atomic E-state index is 12.8. The lowest BCUT2D eigenvalue weighted by Crippen LogP contribution is -2.43. The second-order valence-corrected chi connectivity index (χ2v) is 14.3. The maximum Gasteiger partial charge on any atom is 0.240 e. The van der Waals surface area contributed by atoms with Gasteiger partial charge in [-0.3, -0.25) is 4.90 Å². The fourth-order valence-electron chi connectivity index (χ4n) is 6.69. The third kappa shape index (κ3) is 8.46. The van der Waals surface area contributed by atoms with Gasteiger partial charge in [0.2, 0.25) is 10.0 Å². The van der Waals surface area contributed by atoms with Gasteiger partial charge in [0.15, 0.2) is 6.29 Å². The van der Waals surface area contributed by atoms with Crippen LogP contribution in [0, 0.1) is 0 Å². The Hall–Kier alpha value is -3.63. The molecule has 3 unspecified atom stereocenters. The third-order valence-corrected chi connectivity index (χ3v) is 10.6. The molecule has 0 aromatic heterocycles. The van der Waals surface area contributed by atoms with Crippen LogP contribution in [0.5, 0.6) is 0 Å². The Morgan fingerprint density at radius 1 is 0.830 bits per heavy atom. The minimum atomic E-state index is -3.62. The largest absolute Gasteiger partial charge is 0.392 e. The van der Waals surface area contributed by atoms with E-state index in [-0.39, 0.29) is 30.3 Å². The first-order chi connectivity index (χ1) is 22.9. The molecule has 47 heavy (non-hydrogen) atoms. The number of ether oxygens (including phenoxy) is 2. The zero-order valence-corrected chi connectivity index (χ0v) is 27.5. The van der Waals surface area contributed by atoms with Gasteiger partial charge in [-0.25, -0.2) is 13.1 Å². The van der Waals surface area contributed by atoms with E-state index >= 15 is 0 Å². The fourth-order valence-corrected chi connectivity index (χ4v) is 7.73. The average molecular weight is 653 g/mol. The zero-order chi connectivity index (χ0) is 32.6. The van der Waals surface area contributed by atoms with Crippen LogP contribution in [0.4, 0.5) is 0 Å². The second kappa shape index (κ2) is 15.5. The van der Waals surface area contributed by atoms with Gasteiger partial charge in [0.25, 0.3) is 0 Å². The van der Waals surface area contributed by atoms with Crippen molar-refractivity contribution in [1.82, 2.24) is 9.62 Å². The number of benzene rings is 4. The standard InChI is InChI=1S/C39H44N2O5S/c1-2-22-41(35-14-6-7-15-35)27-36-25-38(31-20-18-29(28-42)19-21-31)46-39(45-36)34-13-9-12-33(24-34)32-11-8-10-30(23-32)26-40-47(43,44)37-16-4-3-5-17-37/h2-5,8-13,16-21,23-24,35-36,38-40,42H,1,6-7,14-15,22,25-28H2. The van der Waals surface area contributed by atoms with Crippen molar-refractivity contribution >= 4 is 10.0 Å². The molecule has 246 valence electrons. The molecular formula is C39H44N2O5S. The molecule has 1 heterocycles. The molecule has 1 aliphatic carbocycles. The SMILES string of the molecule is C=CCN(CC1CC(c2ccc(CO)cc2)OC(c2cccc(-c3cccc(CNS(=O)(=O)c4ccccc4)c3)c2)O1)C1CCCC1. The molecule has 6 rings (SSSR count). The highest BCUT2D eigenvalue weighted by Crippen LogP contribution is 2.39. The number of hydrogen-bond acceptors (Lipinski definition) is 6. The van der Waals surface area contributed by atoms with Crippen molar-refractivity contribution in [3.05, 3.63) is 138 Å². The minimum absolute atomic E-state index is 0.00492. The summed E-state index contributed by atoms with van der Waals surface area (Å²) in [5.74, 6) is 0. The smallest absolute Gasteiger partial charge is 0.240 e. The molecule has 7 nitrogen and oxygen atoms in total. The molecule has 1 saturated heterocycles. The van der Waals surface area contributed by atoms with E-state index in [1.54, 1.807) is 30.3 Å². The zero-order valence-electron chi connectivity index (χ0n) is 26.7. The molecule has 1 saturated carbocycles. The quantitative estimate of drug-likeness (QED) is 0.147. The first kappa shape index (κ1) is 33.3. The lowest BCUT2D eigenvalue weighted by molar-refractivity contribution is -0.253. The lowest BCUT2D eigenvalue weighted by Gasteiger charge is -2.39. The number of hydrogen-bond donors (Lipinski definition) is 2. The van der Waals surface area contributed by atoms with Gasteiger partial charge in [-0.2, -0.15) is 0 Å². The highest BCUT2D eigenvalue weighted by molar-refractivity contribution is 7.89. The van der Waals surface area contributed by atoms with Gasteiger partial charge < -0.3 is 14.6 Å². The van der Waals surface area contributed by atoms with E-state index < -0.39 is 16.3 Å². The number of sulfonamides is 1. The van der Waals surface area contributed by atoms with Crippen molar-refractivity contribution in [3.8, 4) is 11.1 Å². The number of aliphatic hydroxyl groups excluding tert-OH is 1. The van der Waals surface area contributed by atoms with Crippen LogP contribution >= 0.6 is 0 Å². The van der Waals surface area contributed by atoms with Crippen molar-refractivity contribution in [3.63, 3.8) is 0 Å². The van der Waals surface area contributed by atoms with Crippen LogP contribution < -0.4 is 4.72 Å². The van der Waals surface area contributed by atoms with Gasteiger partial charge in [-0.05, 0) is 64.9 Å². The maximum atomic E-state index is 12.8. The predicted molar refractivity (Wildman–Crippen MR) is 185 cm³/mol. The number of nitrogens with zero attached hydrogens (tertiary/aromatic N) is 1. The van der Waals surface area contributed by atoms with E-state index in [2.05, 4.69) is 22.3 Å². The van der Waals surface area contributed by atoms with Crippen molar-refractivity contribution in [2.45, 2.75) is 74.7 Å². The molecule has 2 aliphatic rings. The molecular weight excluding hydrogens is 609 g/mol. The fraction of sp³-hybridized carbons (Fsp3) is 0.333. The van der Waals surface area contributed by atoms with Gasteiger partial charge >= 0.3 is 0 Å². The highest BCUT2D eigenvalue weighted by Gasteiger charge is 2.34. The Bertz CT molecular complexity index is 1720. The molecule has 4 aromatic carbocycles. The lowest BCUT2D eigenvalue weighted by atomic mass is 9.98. The van der Waals surface area contributed by atoms with Crippen molar-refractivity contribution < 1.29 is 23.0 Å². The molecule has 0 bridgehead atoms. The van der Waals surface area contributed by atoms with Crippen LogP contribution in [-0.2, 0) is 32.6 Å². The highest BCUT2D eigenvalue weighted by atomic mass is 32.2. The van der Waals surface area contributed by atoms with Gasteiger partial charge in [-0.1, -0.05) is 97.8 Å². The molecule has 2 N–H and O–H groups in total. The van der Waals surface area contributed by atoms with E-state index in [9.17, 15) is 13.5 Å². The van der Waals surface area contributed by atoms with Crippen LogP contribution in [-0.4, -0.2) is 43.7 Å². The summed E-state index contributed by atoms with van der Waals surface area (Å²) in [6.45, 7) is 5.85. The van der Waals surface area contributed by atoms with Crippen molar-refractivity contribution in [2.75, 3.05) is 13.1 Å². The number of nitrogens with one attached hydrogen (secondary N) is 1. The number of aliphatic hydroxyl groups is 1. The van der Waals surface area contributed by atoms with Gasteiger partial charge in [0, 0.05) is 37.7 Å². The van der Waals surface area contributed by atoms with Crippen LogP contribution in [0.15, 0.2) is 121 Å². The predicted octanol–water partition coefficient (Wildman–Crippen LogP) is 7.30. The van der Waals surface area contributed by atoms with E-state index in [4.69, 9.17) is 9.47 Å². The van der Waals surface area contributed by atoms with E-state index in [1.165, 1.54) is 25.7 Å². The van der Waals surface area contributed by atoms with Crippen LogP contribution in [0.25, 0.3) is 11.1 Å². The first-order valence-corrected chi connectivity index (χ1v) is 18.0. The summed E-state index contributed by atoms with van der Waals surface area (Å²) >= 11 is 0. The molecule has 0 radical (unpaired) electrons. The Morgan fingerprint density at radius 2 is 1.55 bits per heavy atom. The summed E-state index contributed by atoms with van der Waals surface area (Å²) in [6.07, 6.45) is 6.91. The Morgan fingerprint density at radius 3 is 2.28 bits per heavy atom. The Labute approximate surface area is 278 Å².